The molecule has 1 N–H and O–H groups in total. The van der Waals surface area contributed by atoms with Gasteiger partial charge in [-0.3, -0.25) is 0 Å². The summed E-state index contributed by atoms with van der Waals surface area (Å²) in [7, 11) is 0. The normalized spacial score (nSPS) is 11.6. The van der Waals surface area contributed by atoms with Gasteiger partial charge in [-0.05, 0) is 25.2 Å². The van der Waals surface area contributed by atoms with Crippen LogP contribution in [-0.4, -0.2) is 11.7 Å². The average Bonchev–Trinajstić information content (AvgIpc) is 1.96. The fraction of sp³-hybridized carbons (Fsp3) is 0.800. The molecule has 0 rings (SSSR count). The van der Waals surface area contributed by atoms with E-state index >= 15 is 0 Å². The van der Waals surface area contributed by atoms with E-state index in [1.807, 2.05) is 0 Å². The minimum Gasteiger partial charge on any atom is -0.396 e. The van der Waals surface area contributed by atoms with E-state index < -0.39 is 0 Å². The second-order valence-corrected chi connectivity index (χ2v) is 3.31. The Hall–Kier alpha value is -0.300. The number of hydrogen-bond acceptors (Lipinski definition) is 1. The first-order valence-corrected chi connectivity index (χ1v) is 4.53. The van der Waals surface area contributed by atoms with Gasteiger partial charge in [-0.1, -0.05) is 32.4 Å². The second-order valence-electron chi connectivity index (χ2n) is 3.31. The molecule has 0 aromatic rings. The van der Waals surface area contributed by atoms with Crippen molar-refractivity contribution < 1.29 is 5.11 Å². The predicted octanol–water partition coefficient (Wildman–Crippen LogP) is 2.75. The van der Waals surface area contributed by atoms with E-state index in [9.17, 15) is 0 Å². The molecule has 1 nitrogen and oxygen atoms in total. The predicted molar refractivity (Wildman–Crippen MR) is 49.5 cm³/mol. The van der Waals surface area contributed by atoms with Crippen LogP contribution < -0.4 is 0 Å². The van der Waals surface area contributed by atoms with Crippen LogP contribution in [0.1, 0.15) is 39.5 Å². The van der Waals surface area contributed by atoms with E-state index in [0.717, 1.165) is 18.8 Å². The van der Waals surface area contributed by atoms with Crippen molar-refractivity contribution in [1.29, 1.82) is 0 Å². The van der Waals surface area contributed by atoms with Crippen LogP contribution in [-0.2, 0) is 0 Å². The van der Waals surface area contributed by atoms with Crippen LogP contribution in [0.2, 0.25) is 0 Å². The molecule has 0 atom stereocenters. The third-order valence-corrected chi connectivity index (χ3v) is 1.61. The van der Waals surface area contributed by atoms with E-state index in [2.05, 4.69) is 26.0 Å². The van der Waals surface area contributed by atoms with Crippen molar-refractivity contribution >= 4 is 0 Å². The van der Waals surface area contributed by atoms with E-state index in [4.69, 9.17) is 5.11 Å². The molecule has 0 aromatic heterocycles. The SMILES string of the molecule is CC(C)CCCC=CCCO. The van der Waals surface area contributed by atoms with Gasteiger partial charge in [0.2, 0.25) is 0 Å². The molecule has 0 spiro atoms. The van der Waals surface area contributed by atoms with E-state index in [-0.39, 0.29) is 6.61 Å². The lowest BCUT2D eigenvalue weighted by Gasteiger charge is -2.00. The summed E-state index contributed by atoms with van der Waals surface area (Å²) in [4.78, 5) is 0. The zero-order valence-corrected chi connectivity index (χ0v) is 7.71. The first-order valence-electron chi connectivity index (χ1n) is 4.53. The summed E-state index contributed by atoms with van der Waals surface area (Å²) in [5.41, 5.74) is 0. The van der Waals surface area contributed by atoms with Crippen LogP contribution in [0.5, 0.6) is 0 Å². The van der Waals surface area contributed by atoms with E-state index in [1.165, 1.54) is 12.8 Å². The van der Waals surface area contributed by atoms with E-state index in [0.29, 0.717) is 0 Å². The third kappa shape index (κ3) is 9.70. The zero-order chi connectivity index (χ0) is 8.53. The number of aliphatic hydroxyl groups excluding tert-OH is 1. The molecule has 0 aliphatic carbocycles. The Kier molecular flexibility index (Phi) is 7.59. The molecule has 0 fully saturated rings. The third-order valence-electron chi connectivity index (χ3n) is 1.61. The van der Waals surface area contributed by atoms with Crippen molar-refractivity contribution in [2.75, 3.05) is 6.61 Å². The lowest BCUT2D eigenvalue weighted by atomic mass is 10.1. The molecule has 0 aromatic carbocycles. The first-order chi connectivity index (χ1) is 5.27. The average molecular weight is 156 g/mol. The van der Waals surface area contributed by atoms with Crippen molar-refractivity contribution in [2.45, 2.75) is 39.5 Å². The smallest absolute Gasteiger partial charge is 0.0465 e. The maximum atomic E-state index is 8.46. The van der Waals surface area contributed by atoms with Crippen molar-refractivity contribution in [3.63, 3.8) is 0 Å². The quantitative estimate of drug-likeness (QED) is 0.463. The number of unbranched alkanes of at least 4 members (excludes halogenated alkanes) is 1. The van der Waals surface area contributed by atoms with Crippen LogP contribution in [0, 0.1) is 5.92 Å². The van der Waals surface area contributed by atoms with Crippen LogP contribution in [0.25, 0.3) is 0 Å². The second kappa shape index (κ2) is 7.80. The minimum absolute atomic E-state index is 0.278. The maximum absolute atomic E-state index is 8.46. The summed E-state index contributed by atoms with van der Waals surface area (Å²) < 4.78 is 0. The van der Waals surface area contributed by atoms with Crippen molar-refractivity contribution in [3.8, 4) is 0 Å². The largest absolute Gasteiger partial charge is 0.396 e. The van der Waals surface area contributed by atoms with Crippen molar-refractivity contribution in [3.05, 3.63) is 12.2 Å². The molecule has 0 heterocycles. The van der Waals surface area contributed by atoms with Gasteiger partial charge in [0.05, 0.1) is 0 Å². The molecular weight excluding hydrogens is 136 g/mol. The van der Waals surface area contributed by atoms with Gasteiger partial charge in [0.25, 0.3) is 0 Å². The zero-order valence-electron chi connectivity index (χ0n) is 7.71. The molecular formula is C10H20O. The topological polar surface area (TPSA) is 20.2 Å². The molecule has 66 valence electrons. The highest BCUT2D eigenvalue weighted by atomic mass is 16.2. The molecule has 0 unspecified atom stereocenters. The lowest BCUT2D eigenvalue weighted by Crippen LogP contribution is -1.85. The van der Waals surface area contributed by atoms with Gasteiger partial charge in [0.15, 0.2) is 0 Å². The molecule has 0 saturated heterocycles. The Morgan fingerprint density at radius 2 is 1.82 bits per heavy atom. The Bertz CT molecular complexity index is 95.0. The molecule has 0 saturated carbocycles. The van der Waals surface area contributed by atoms with Gasteiger partial charge in [-0.25, -0.2) is 0 Å². The van der Waals surface area contributed by atoms with Crippen molar-refractivity contribution in [2.24, 2.45) is 5.92 Å². The molecule has 11 heavy (non-hydrogen) atoms. The van der Waals surface area contributed by atoms with Gasteiger partial charge in [0, 0.05) is 6.61 Å². The Balaban J connectivity index is 3.01. The number of allylic oxidation sites excluding steroid dienone is 1. The number of aliphatic hydroxyl groups is 1. The highest BCUT2D eigenvalue weighted by Crippen LogP contribution is 2.06. The highest BCUT2D eigenvalue weighted by Gasteiger charge is 1.90. The van der Waals surface area contributed by atoms with Crippen LogP contribution >= 0.6 is 0 Å². The molecule has 0 radical (unpaired) electrons. The summed E-state index contributed by atoms with van der Waals surface area (Å²) in [6.07, 6.45) is 8.78. The number of rotatable bonds is 6. The molecule has 0 bridgehead atoms. The van der Waals surface area contributed by atoms with Gasteiger partial charge >= 0.3 is 0 Å². The van der Waals surface area contributed by atoms with Gasteiger partial charge < -0.3 is 5.11 Å². The monoisotopic (exact) mass is 156 g/mol. The molecule has 0 aliphatic heterocycles. The Morgan fingerprint density at radius 1 is 1.18 bits per heavy atom. The van der Waals surface area contributed by atoms with Gasteiger partial charge in [-0.15, -0.1) is 0 Å². The Labute approximate surface area is 70.1 Å². The van der Waals surface area contributed by atoms with E-state index in [1.54, 1.807) is 0 Å². The van der Waals surface area contributed by atoms with Crippen LogP contribution in [0.3, 0.4) is 0 Å². The van der Waals surface area contributed by atoms with Crippen molar-refractivity contribution in [1.82, 2.24) is 0 Å². The lowest BCUT2D eigenvalue weighted by molar-refractivity contribution is 0.302. The summed E-state index contributed by atoms with van der Waals surface area (Å²) in [6.45, 7) is 4.77. The Morgan fingerprint density at radius 3 is 2.36 bits per heavy atom. The molecule has 0 amide bonds. The summed E-state index contributed by atoms with van der Waals surface area (Å²) in [5.74, 6) is 0.821. The fourth-order valence-electron chi connectivity index (χ4n) is 0.954. The minimum atomic E-state index is 0.278. The summed E-state index contributed by atoms with van der Waals surface area (Å²) in [5, 5.41) is 8.46. The van der Waals surface area contributed by atoms with Gasteiger partial charge in [-0.2, -0.15) is 0 Å². The fourth-order valence-corrected chi connectivity index (χ4v) is 0.954. The highest BCUT2D eigenvalue weighted by molar-refractivity contribution is 4.80. The molecule has 0 aliphatic rings. The summed E-state index contributed by atoms with van der Waals surface area (Å²) >= 11 is 0. The maximum Gasteiger partial charge on any atom is 0.0465 e. The first kappa shape index (κ1) is 10.7. The summed E-state index contributed by atoms with van der Waals surface area (Å²) in [6, 6.07) is 0. The molecule has 1 heteroatoms. The van der Waals surface area contributed by atoms with Crippen LogP contribution in [0.4, 0.5) is 0 Å². The number of hydrogen-bond donors (Lipinski definition) is 1. The van der Waals surface area contributed by atoms with Gasteiger partial charge in [0.1, 0.15) is 0 Å². The van der Waals surface area contributed by atoms with Crippen LogP contribution in [0.15, 0.2) is 12.2 Å². The standard InChI is InChI=1S/C10H20O/c1-10(2)8-6-4-3-5-7-9-11/h3,5,10-11H,4,6-9H2,1-2H3.